The van der Waals surface area contributed by atoms with Crippen molar-refractivity contribution in [1.82, 2.24) is 5.32 Å². The van der Waals surface area contributed by atoms with Crippen molar-refractivity contribution >= 4 is 0 Å². The zero-order valence-electron chi connectivity index (χ0n) is 7.06. The molecule has 0 saturated carbocycles. The Morgan fingerprint density at radius 1 is 1.42 bits per heavy atom. The van der Waals surface area contributed by atoms with Crippen molar-refractivity contribution < 1.29 is 13.5 Å². The van der Waals surface area contributed by atoms with Gasteiger partial charge in [-0.15, -0.1) is 0 Å². The molecule has 72 valence electrons. The highest BCUT2D eigenvalue weighted by molar-refractivity contribution is 4.68. The summed E-state index contributed by atoms with van der Waals surface area (Å²) >= 11 is 0. The van der Waals surface area contributed by atoms with Gasteiger partial charge in [-0.1, -0.05) is 0 Å². The van der Waals surface area contributed by atoms with Crippen molar-refractivity contribution in [3.8, 4) is 0 Å². The van der Waals surface area contributed by atoms with E-state index in [9.17, 15) is 8.78 Å². The highest BCUT2D eigenvalue weighted by Gasteiger charge is 2.15. The lowest BCUT2D eigenvalue weighted by Gasteiger charge is -2.23. The van der Waals surface area contributed by atoms with E-state index in [0.29, 0.717) is 0 Å². The lowest BCUT2D eigenvalue weighted by atomic mass is 10.1. The molecule has 1 saturated heterocycles. The Bertz CT molecular complexity index is 118. The topological polar surface area (TPSA) is 21.3 Å². The zero-order valence-corrected chi connectivity index (χ0v) is 7.06. The molecule has 0 bridgehead atoms. The van der Waals surface area contributed by atoms with Crippen LogP contribution in [0.25, 0.3) is 0 Å². The van der Waals surface area contributed by atoms with Gasteiger partial charge in [-0.05, 0) is 25.9 Å². The number of hydrogen-bond donors (Lipinski definition) is 1. The smallest absolute Gasteiger partial charge is 0.152 e. The summed E-state index contributed by atoms with van der Waals surface area (Å²) in [6.45, 7) is 0.792. The maximum Gasteiger partial charge on any atom is 0.152 e. The van der Waals surface area contributed by atoms with E-state index in [-0.39, 0.29) is 12.7 Å². The van der Waals surface area contributed by atoms with Gasteiger partial charge >= 0.3 is 0 Å². The predicted molar refractivity (Wildman–Crippen MR) is 42.7 cm³/mol. The fourth-order valence-corrected chi connectivity index (χ4v) is 1.25. The van der Waals surface area contributed by atoms with Crippen LogP contribution in [0.3, 0.4) is 0 Å². The molecule has 1 heterocycles. The Labute approximate surface area is 71.3 Å². The van der Waals surface area contributed by atoms with Crippen LogP contribution in [0, 0.1) is 0 Å². The first-order valence-electron chi connectivity index (χ1n) is 4.35. The maximum absolute atomic E-state index is 12.4. The first-order valence-corrected chi connectivity index (χ1v) is 4.35. The fourth-order valence-electron chi connectivity index (χ4n) is 1.25. The van der Waals surface area contributed by atoms with Gasteiger partial charge in [0.2, 0.25) is 0 Å². The minimum atomic E-state index is -1.44. The Morgan fingerprint density at radius 2 is 2.08 bits per heavy atom. The summed E-state index contributed by atoms with van der Waals surface area (Å²) in [5.74, 6) is 0. The van der Waals surface area contributed by atoms with Gasteiger partial charge in [-0.25, -0.2) is 8.78 Å². The molecular weight excluding hydrogens is 164 g/mol. The minimum Gasteiger partial charge on any atom is -0.375 e. The molecule has 0 amide bonds. The van der Waals surface area contributed by atoms with Crippen molar-refractivity contribution in [2.75, 3.05) is 26.4 Å². The molecule has 1 fully saturated rings. The summed E-state index contributed by atoms with van der Waals surface area (Å²) in [5.41, 5.74) is 0. The predicted octanol–water partition coefficient (Wildman–Crippen LogP) is 1.06. The van der Waals surface area contributed by atoms with Gasteiger partial charge < -0.3 is 10.1 Å². The average Bonchev–Trinajstić information content (AvgIpc) is 2.16. The van der Waals surface area contributed by atoms with Crippen LogP contribution in [-0.2, 0) is 4.74 Å². The molecule has 1 unspecified atom stereocenters. The minimum absolute atomic E-state index is 0.0961. The van der Waals surface area contributed by atoms with Crippen LogP contribution in [-0.4, -0.2) is 38.6 Å². The van der Waals surface area contributed by atoms with E-state index < -0.39 is 12.8 Å². The molecule has 0 aromatic carbocycles. The summed E-state index contributed by atoms with van der Waals surface area (Å²) in [4.78, 5) is 0. The van der Waals surface area contributed by atoms with Crippen molar-refractivity contribution in [1.29, 1.82) is 0 Å². The Hall–Kier alpha value is -0.220. The monoisotopic (exact) mass is 179 g/mol. The molecule has 2 nitrogen and oxygen atoms in total. The lowest BCUT2D eigenvalue weighted by Crippen LogP contribution is -2.33. The average molecular weight is 179 g/mol. The standard InChI is InChI=1S/C8H15F2NO/c9-5-7(10)6-12-8-1-3-11-4-2-8/h7-8,11H,1-6H2. The van der Waals surface area contributed by atoms with E-state index in [4.69, 9.17) is 4.74 Å². The number of hydrogen-bond acceptors (Lipinski definition) is 2. The molecule has 0 aromatic heterocycles. The van der Waals surface area contributed by atoms with Crippen LogP contribution in [0.15, 0.2) is 0 Å². The van der Waals surface area contributed by atoms with Crippen LogP contribution >= 0.6 is 0 Å². The van der Waals surface area contributed by atoms with E-state index >= 15 is 0 Å². The molecule has 1 aliphatic heterocycles. The third kappa shape index (κ3) is 3.45. The molecule has 0 aliphatic carbocycles. The molecule has 12 heavy (non-hydrogen) atoms. The van der Waals surface area contributed by atoms with Crippen molar-refractivity contribution in [2.24, 2.45) is 0 Å². The fraction of sp³-hybridized carbons (Fsp3) is 1.00. The highest BCUT2D eigenvalue weighted by Crippen LogP contribution is 2.08. The van der Waals surface area contributed by atoms with Crippen LogP contribution < -0.4 is 5.32 Å². The summed E-state index contributed by atoms with van der Waals surface area (Å²) in [6.07, 6.45) is 0.480. The third-order valence-corrected chi connectivity index (χ3v) is 1.97. The van der Waals surface area contributed by atoms with Gasteiger partial charge in [0.1, 0.15) is 6.67 Å². The molecule has 4 heteroatoms. The van der Waals surface area contributed by atoms with Crippen LogP contribution in [0.5, 0.6) is 0 Å². The van der Waals surface area contributed by atoms with Gasteiger partial charge in [0.05, 0.1) is 12.7 Å². The Balaban J connectivity index is 2.05. The molecule has 0 spiro atoms. The molecule has 1 aliphatic rings. The van der Waals surface area contributed by atoms with E-state index in [2.05, 4.69) is 5.32 Å². The van der Waals surface area contributed by atoms with Crippen molar-refractivity contribution in [3.63, 3.8) is 0 Å². The largest absolute Gasteiger partial charge is 0.375 e. The first kappa shape index (κ1) is 9.86. The molecule has 1 atom stereocenters. The number of ether oxygens (including phenoxy) is 1. The number of alkyl halides is 2. The van der Waals surface area contributed by atoms with E-state index in [1.54, 1.807) is 0 Å². The molecule has 0 radical (unpaired) electrons. The summed E-state index contributed by atoms with van der Waals surface area (Å²) < 4.78 is 29.2. The first-order chi connectivity index (χ1) is 5.83. The van der Waals surface area contributed by atoms with Gasteiger partial charge in [-0.3, -0.25) is 0 Å². The number of rotatable bonds is 4. The molecule has 0 aromatic rings. The zero-order chi connectivity index (χ0) is 8.81. The van der Waals surface area contributed by atoms with E-state index in [1.165, 1.54) is 0 Å². The lowest BCUT2D eigenvalue weighted by molar-refractivity contribution is -0.00180. The van der Waals surface area contributed by atoms with E-state index in [1.807, 2.05) is 0 Å². The quantitative estimate of drug-likeness (QED) is 0.696. The summed E-state index contributed by atoms with van der Waals surface area (Å²) in [7, 11) is 0. The maximum atomic E-state index is 12.4. The second-order valence-electron chi connectivity index (χ2n) is 3.03. The Kier molecular flexibility index (Phi) is 4.46. The van der Waals surface area contributed by atoms with Crippen LogP contribution in [0.2, 0.25) is 0 Å². The second kappa shape index (κ2) is 5.43. The third-order valence-electron chi connectivity index (χ3n) is 1.97. The second-order valence-corrected chi connectivity index (χ2v) is 3.03. The van der Waals surface area contributed by atoms with Crippen molar-refractivity contribution in [3.05, 3.63) is 0 Å². The van der Waals surface area contributed by atoms with Gasteiger partial charge in [0.25, 0.3) is 0 Å². The van der Waals surface area contributed by atoms with Gasteiger partial charge in [0, 0.05) is 0 Å². The van der Waals surface area contributed by atoms with Crippen LogP contribution in [0.4, 0.5) is 8.78 Å². The highest BCUT2D eigenvalue weighted by atomic mass is 19.2. The number of halogens is 2. The normalized spacial score (nSPS) is 22.5. The number of piperidine rings is 1. The van der Waals surface area contributed by atoms with E-state index in [0.717, 1.165) is 25.9 Å². The molecular formula is C8H15F2NO. The Morgan fingerprint density at radius 3 is 2.67 bits per heavy atom. The molecule has 1 rings (SSSR count). The summed E-state index contributed by atoms with van der Waals surface area (Å²) in [6, 6.07) is 0. The number of nitrogens with one attached hydrogen (secondary N) is 1. The SMILES string of the molecule is FCC(F)COC1CCNCC1. The van der Waals surface area contributed by atoms with Gasteiger partial charge in [0.15, 0.2) is 6.17 Å². The molecule has 1 N–H and O–H groups in total. The van der Waals surface area contributed by atoms with Crippen LogP contribution in [0.1, 0.15) is 12.8 Å². The van der Waals surface area contributed by atoms with Gasteiger partial charge in [-0.2, -0.15) is 0 Å². The van der Waals surface area contributed by atoms with Crippen molar-refractivity contribution in [2.45, 2.75) is 25.1 Å². The summed E-state index contributed by atoms with van der Waals surface area (Å²) in [5, 5.41) is 3.17.